The molecule has 0 saturated carbocycles. The van der Waals surface area contributed by atoms with E-state index in [2.05, 4.69) is 11.8 Å². The number of methoxy groups -OCH3 is 1. The van der Waals surface area contributed by atoms with Gasteiger partial charge in [-0.25, -0.2) is 0 Å². The maximum absolute atomic E-state index is 9.31. The van der Waals surface area contributed by atoms with Gasteiger partial charge in [0, 0.05) is 7.11 Å². The SMILES string of the molecule is COCC#CC(O)c1ccco1. The summed E-state index contributed by atoms with van der Waals surface area (Å²) >= 11 is 0. The van der Waals surface area contributed by atoms with Crippen LogP contribution in [0.1, 0.15) is 11.9 Å². The first kappa shape index (κ1) is 8.85. The van der Waals surface area contributed by atoms with Gasteiger partial charge in [0.1, 0.15) is 12.4 Å². The van der Waals surface area contributed by atoms with E-state index in [-0.39, 0.29) is 0 Å². The maximum Gasteiger partial charge on any atom is 0.172 e. The summed E-state index contributed by atoms with van der Waals surface area (Å²) < 4.78 is 9.63. The summed E-state index contributed by atoms with van der Waals surface area (Å²) in [6, 6.07) is 3.38. The Morgan fingerprint density at radius 3 is 3.17 bits per heavy atom. The van der Waals surface area contributed by atoms with Gasteiger partial charge in [-0.15, -0.1) is 0 Å². The lowest BCUT2D eigenvalue weighted by molar-refractivity contribution is 0.204. The van der Waals surface area contributed by atoms with Gasteiger partial charge in [0.15, 0.2) is 6.10 Å². The second-order valence-corrected chi connectivity index (χ2v) is 2.17. The van der Waals surface area contributed by atoms with Gasteiger partial charge in [-0.2, -0.15) is 0 Å². The van der Waals surface area contributed by atoms with Gasteiger partial charge in [0.25, 0.3) is 0 Å². The molecule has 1 heterocycles. The molecule has 0 fully saturated rings. The quantitative estimate of drug-likeness (QED) is 0.665. The molecule has 1 rings (SSSR count). The van der Waals surface area contributed by atoms with E-state index in [1.165, 1.54) is 6.26 Å². The molecule has 64 valence electrons. The van der Waals surface area contributed by atoms with Gasteiger partial charge in [-0.05, 0) is 12.1 Å². The zero-order valence-corrected chi connectivity index (χ0v) is 6.78. The third-order valence-corrected chi connectivity index (χ3v) is 1.27. The topological polar surface area (TPSA) is 42.6 Å². The lowest BCUT2D eigenvalue weighted by Crippen LogP contribution is -1.91. The number of hydrogen-bond donors (Lipinski definition) is 1. The predicted octanol–water partition coefficient (Wildman–Crippen LogP) is 0.963. The second-order valence-electron chi connectivity index (χ2n) is 2.17. The number of furan rings is 1. The minimum atomic E-state index is -0.852. The Labute approximate surface area is 71.0 Å². The van der Waals surface area contributed by atoms with E-state index >= 15 is 0 Å². The Morgan fingerprint density at radius 2 is 2.58 bits per heavy atom. The third-order valence-electron chi connectivity index (χ3n) is 1.27. The van der Waals surface area contributed by atoms with Crippen molar-refractivity contribution < 1.29 is 14.3 Å². The molecule has 1 aromatic heterocycles. The molecule has 0 aromatic carbocycles. The molecule has 3 nitrogen and oxygen atoms in total. The molecule has 0 amide bonds. The van der Waals surface area contributed by atoms with Crippen LogP contribution >= 0.6 is 0 Å². The van der Waals surface area contributed by atoms with Crippen LogP contribution in [0.2, 0.25) is 0 Å². The Balaban J connectivity index is 2.51. The van der Waals surface area contributed by atoms with Crippen molar-refractivity contribution in [2.45, 2.75) is 6.10 Å². The first-order valence-electron chi connectivity index (χ1n) is 3.53. The summed E-state index contributed by atoms with van der Waals surface area (Å²) in [7, 11) is 1.55. The lowest BCUT2D eigenvalue weighted by Gasteiger charge is -1.95. The zero-order valence-electron chi connectivity index (χ0n) is 6.78. The van der Waals surface area contributed by atoms with Crippen LogP contribution in [-0.4, -0.2) is 18.8 Å². The minimum absolute atomic E-state index is 0.317. The van der Waals surface area contributed by atoms with Crippen molar-refractivity contribution in [2.75, 3.05) is 13.7 Å². The van der Waals surface area contributed by atoms with Crippen molar-refractivity contribution >= 4 is 0 Å². The van der Waals surface area contributed by atoms with Gasteiger partial charge in [-0.3, -0.25) is 0 Å². The van der Waals surface area contributed by atoms with Crippen molar-refractivity contribution in [3.63, 3.8) is 0 Å². The van der Waals surface area contributed by atoms with Crippen molar-refractivity contribution in [3.05, 3.63) is 24.2 Å². The van der Waals surface area contributed by atoms with Crippen LogP contribution in [0.5, 0.6) is 0 Å². The van der Waals surface area contributed by atoms with Crippen molar-refractivity contribution in [3.8, 4) is 11.8 Å². The predicted molar refractivity (Wildman–Crippen MR) is 43.3 cm³/mol. The van der Waals surface area contributed by atoms with E-state index in [0.29, 0.717) is 12.4 Å². The number of aliphatic hydroxyl groups excluding tert-OH is 1. The zero-order chi connectivity index (χ0) is 8.81. The Morgan fingerprint density at radius 1 is 1.75 bits per heavy atom. The van der Waals surface area contributed by atoms with E-state index in [4.69, 9.17) is 9.15 Å². The smallest absolute Gasteiger partial charge is 0.172 e. The van der Waals surface area contributed by atoms with Crippen LogP contribution in [0.3, 0.4) is 0 Å². The number of rotatable bonds is 2. The first-order valence-corrected chi connectivity index (χ1v) is 3.53. The van der Waals surface area contributed by atoms with Crippen molar-refractivity contribution in [1.82, 2.24) is 0 Å². The van der Waals surface area contributed by atoms with Crippen LogP contribution < -0.4 is 0 Å². The van der Waals surface area contributed by atoms with Crippen molar-refractivity contribution in [1.29, 1.82) is 0 Å². The number of hydrogen-bond acceptors (Lipinski definition) is 3. The Bertz CT molecular complexity index is 266. The summed E-state index contributed by atoms with van der Waals surface area (Å²) in [6.07, 6.45) is 0.645. The standard InChI is InChI=1S/C9H10O3/c1-11-6-2-4-8(10)9-5-3-7-12-9/h3,5,7-8,10H,6H2,1H3. The third kappa shape index (κ3) is 2.42. The average molecular weight is 166 g/mol. The molecule has 3 heteroatoms. The van der Waals surface area contributed by atoms with Gasteiger partial charge in [-0.1, -0.05) is 11.8 Å². The van der Waals surface area contributed by atoms with E-state index in [0.717, 1.165) is 0 Å². The summed E-state index contributed by atoms with van der Waals surface area (Å²) in [5.74, 6) is 5.67. The molecule has 12 heavy (non-hydrogen) atoms. The molecule has 0 spiro atoms. The van der Waals surface area contributed by atoms with Crippen LogP contribution in [0.4, 0.5) is 0 Å². The molecule has 0 aliphatic rings. The molecule has 1 N–H and O–H groups in total. The molecule has 1 atom stereocenters. The van der Waals surface area contributed by atoms with Crippen molar-refractivity contribution in [2.24, 2.45) is 0 Å². The van der Waals surface area contributed by atoms with E-state index in [9.17, 15) is 5.11 Å². The molecule has 1 aromatic rings. The summed E-state index contributed by atoms with van der Waals surface area (Å²) in [5.41, 5.74) is 0. The molecule has 0 aliphatic heterocycles. The van der Waals surface area contributed by atoms with Crippen LogP contribution in [0.15, 0.2) is 22.8 Å². The summed E-state index contributed by atoms with van der Waals surface area (Å²) in [4.78, 5) is 0. The fraction of sp³-hybridized carbons (Fsp3) is 0.333. The first-order chi connectivity index (χ1) is 5.84. The minimum Gasteiger partial charge on any atom is -0.466 e. The number of ether oxygens (including phenoxy) is 1. The average Bonchev–Trinajstić information content (AvgIpc) is 2.56. The molecule has 0 aliphatic carbocycles. The Kier molecular flexibility index (Phi) is 3.39. The van der Waals surface area contributed by atoms with E-state index in [1.807, 2.05) is 0 Å². The molecule has 0 bridgehead atoms. The number of aliphatic hydroxyl groups is 1. The lowest BCUT2D eigenvalue weighted by atomic mass is 10.3. The molecule has 0 saturated heterocycles. The highest BCUT2D eigenvalue weighted by molar-refractivity contribution is 5.15. The van der Waals surface area contributed by atoms with Gasteiger partial charge in [0.2, 0.25) is 0 Å². The maximum atomic E-state index is 9.31. The van der Waals surface area contributed by atoms with Gasteiger partial charge < -0.3 is 14.3 Å². The summed E-state index contributed by atoms with van der Waals surface area (Å²) in [5, 5.41) is 9.31. The highest BCUT2D eigenvalue weighted by Gasteiger charge is 2.04. The van der Waals surface area contributed by atoms with Crippen LogP contribution in [0, 0.1) is 11.8 Å². The van der Waals surface area contributed by atoms with Crippen LogP contribution in [0.25, 0.3) is 0 Å². The van der Waals surface area contributed by atoms with Crippen LogP contribution in [-0.2, 0) is 4.74 Å². The van der Waals surface area contributed by atoms with E-state index < -0.39 is 6.10 Å². The molecular weight excluding hydrogens is 156 g/mol. The highest BCUT2D eigenvalue weighted by atomic mass is 16.5. The fourth-order valence-electron chi connectivity index (χ4n) is 0.728. The van der Waals surface area contributed by atoms with Gasteiger partial charge in [0.05, 0.1) is 6.26 Å². The monoisotopic (exact) mass is 166 g/mol. The van der Waals surface area contributed by atoms with E-state index in [1.54, 1.807) is 19.2 Å². The Hall–Kier alpha value is -1.24. The normalized spacial score (nSPS) is 11.8. The molecular formula is C9H10O3. The second kappa shape index (κ2) is 4.60. The highest BCUT2D eigenvalue weighted by Crippen LogP contribution is 2.10. The molecule has 0 radical (unpaired) electrons. The van der Waals surface area contributed by atoms with Gasteiger partial charge >= 0.3 is 0 Å². The summed E-state index contributed by atoms with van der Waals surface area (Å²) in [6.45, 7) is 0.317. The largest absolute Gasteiger partial charge is 0.466 e. The fourth-order valence-corrected chi connectivity index (χ4v) is 0.728. The molecule has 1 unspecified atom stereocenters.